The first-order valence-corrected chi connectivity index (χ1v) is 4.33. The number of carbonyl (C=O) groups excluding carboxylic acids is 1. The van der Waals surface area contributed by atoms with Gasteiger partial charge in [-0.1, -0.05) is 6.08 Å². The van der Waals surface area contributed by atoms with Crippen molar-refractivity contribution in [3.63, 3.8) is 0 Å². The molecular weight excluding hydrogens is 166 g/mol. The highest BCUT2D eigenvalue weighted by molar-refractivity contribution is 5.61. The summed E-state index contributed by atoms with van der Waals surface area (Å²) in [6, 6.07) is 0.0250. The highest BCUT2D eigenvalue weighted by Crippen LogP contribution is 2.32. The number of nitrogens with two attached hydrogens (primary N) is 1. The van der Waals surface area contributed by atoms with Gasteiger partial charge >= 0.3 is 0 Å². The van der Waals surface area contributed by atoms with Gasteiger partial charge in [0.05, 0.1) is 5.92 Å². The molecule has 0 radical (unpaired) electrons. The van der Waals surface area contributed by atoms with E-state index in [1.54, 1.807) is 6.08 Å². The summed E-state index contributed by atoms with van der Waals surface area (Å²) < 4.78 is 5.41. The molecule has 0 aromatic heterocycles. The van der Waals surface area contributed by atoms with Crippen molar-refractivity contribution in [1.29, 1.82) is 0 Å². The molecule has 0 saturated carbocycles. The van der Waals surface area contributed by atoms with Crippen LogP contribution < -0.4 is 5.73 Å². The van der Waals surface area contributed by atoms with E-state index in [1.807, 2.05) is 18.1 Å². The van der Waals surface area contributed by atoms with Gasteiger partial charge in [-0.25, -0.2) is 4.79 Å². The number of hydrogen-bond donors (Lipinski definition) is 1. The molecule has 13 heavy (non-hydrogen) atoms. The van der Waals surface area contributed by atoms with Crippen LogP contribution in [0.1, 0.15) is 6.42 Å². The number of ether oxygens (including phenoxy) is 1. The highest BCUT2D eigenvalue weighted by Gasteiger charge is 2.29. The number of hydrogen-bond acceptors (Lipinski definition) is 3. The standard InChI is InChI=1S/C10H11NO2/c11-8-4-9-7(5-12)2-1-3-10(9)13-6-8/h1-3,8-9H,4,6,11H2. The second-order valence-corrected chi connectivity index (χ2v) is 3.34. The lowest BCUT2D eigenvalue weighted by atomic mass is 9.86. The monoisotopic (exact) mass is 177 g/mol. The third-order valence-corrected chi connectivity index (χ3v) is 2.38. The first-order chi connectivity index (χ1) is 6.31. The van der Waals surface area contributed by atoms with Gasteiger partial charge in [-0.05, 0) is 18.6 Å². The van der Waals surface area contributed by atoms with Gasteiger partial charge in [0.15, 0.2) is 0 Å². The second-order valence-electron chi connectivity index (χ2n) is 3.34. The lowest BCUT2D eigenvalue weighted by Crippen LogP contribution is -2.36. The Bertz CT molecular complexity index is 324. The second kappa shape index (κ2) is 3.21. The molecule has 0 aromatic rings. The van der Waals surface area contributed by atoms with Crippen molar-refractivity contribution < 1.29 is 9.53 Å². The maximum Gasteiger partial charge on any atom is 0.128 e. The van der Waals surface area contributed by atoms with Crippen molar-refractivity contribution in [1.82, 2.24) is 0 Å². The van der Waals surface area contributed by atoms with E-state index < -0.39 is 0 Å². The topological polar surface area (TPSA) is 52.3 Å². The molecule has 1 fully saturated rings. The molecule has 68 valence electrons. The van der Waals surface area contributed by atoms with Gasteiger partial charge in [0.1, 0.15) is 18.3 Å². The van der Waals surface area contributed by atoms with Crippen molar-refractivity contribution in [2.24, 2.45) is 11.7 Å². The largest absolute Gasteiger partial charge is 0.496 e. The van der Waals surface area contributed by atoms with Gasteiger partial charge in [0, 0.05) is 11.6 Å². The molecule has 2 atom stereocenters. The van der Waals surface area contributed by atoms with Crippen LogP contribution in [-0.4, -0.2) is 18.6 Å². The predicted molar refractivity (Wildman–Crippen MR) is 48.5 cm³/mol. The van der Waals surface area contributed by atoms with Gasteiger partial charge in [0.25, 0.3) is 0 Å². The van der Waals surface area contributed by atoms with Crippen LogP contribution in [-0.2, 0) is 9.53 Å². The third-order valence-electron chi connectivity index (χ3n) is 2.38. The average molecular weight is 177 g/mol. The molecule has 3 nitrogen and oxygen atoms in total. The quantitative estimate of drug-likeness (QED) is 0.550. The van der Waals surface area contributed by atoms with E-state index in [9.17, 15) is 4.79 Å². The van der Waals surface area contributed by atoms with Gasteiger partial charge in [0.2, 0.25) is 0 Å². The first kappa shape index (κ1) is 8.30. The van der Waals surface area contributed by atoms with Crippen LogP contribution in [0.5, 0.6) is 0 Å². The maximum atomic E-state index is 10.6. The summed E-state index contributed by atoms with van der Waals surface area (Å²) in [5.41, 5.74) is 6.39. The van der Waals surface area contributed by atoms with Crippen LogP contribution in [0.4, 0.5) is 0 Å². The Kier molecular flexibility index (Phi) is 2.05. The molecule has 1 heterocycles. The molecular formula is C10H11NO2. The van der Waals surface area contributed by atoms with Crippen molar-refractivity contribution in [3.8, 4) is 0 Å². The summed E-state index contributed by atoms with van der Waals surface area (Å²) in [4.78, 5) is 10.6. The van der Waals surface area contributed by atoms with Gasteiger partial charge in [-0.2, -0.15) is 0 Å². The van der Waals surface area contributed by atoms with Gasteiger partial charge < -0.3 is 10.5 Å². The zero-order valence-corrected chi connectivity index (χ0v) is 7.19. The molecule has 1 saturated heterocycles. The average Bonchev–Trinajstić information content (AvgIpc) is 2.17. The van der Waals surface area contributed by atoms with E-state index in [4.69, 9.17) is 10.5 Å². The summed E-state index contributed by atoms with van der Waals surface area (Å²) in [6.45, 7) is 0.544. The minimum atomic E-state index is 0.0250. The van der Waals surface area contributed by atoms with Crippen molar-refractivity contribution in [3.05, 3.63) is 29.6 Å². The number of rotatable bonds is 0. The van der Waals surface area contributed by atoms with E-state index in [2.05, 4.69) is 0 Å². The molecule has 2 N–H and O–H groups in total. The summed E-state index contributed by atoms with van der Waals surface area (Å²) in [5.74, 6) is 2.81. The summed E-state index contributed by atoms with van der Waals surface area (Å²) >= 11 is 0. The summed E-state index contributed by atoms with van der Waals surface area (Å²) in [6.07, 6.45) is 6.24. The predicted octanol–water partition coefficient (Wildman–Crippen LogP) is 0.562. The fourth-order valence-corrected chi connectivity index (χ4v) is 1.70. The fraction of sp³-hybridized carbons (Fsp3) is 0.400. The SMILES string of the molecule is NC1COC2=CC=CC(=C=O)C2C1. The minimum Gasteiger partial charge on any atom is -0.496 e. The van der Waals surface area contributed by atoms with E-state index >= 15 is 0 Å². The Morgan fingerprint density at radius 1 is 1.62 bits per heavy atom. The van der Waals surface area contributed by atoms with Crippen molar-refractivity contribution in [2.45, 2.75) is 12.5 Å². The first-order valence-electron chi connectivity index (χ1n) is 4.33. The number of allylic oxidation sites excluding steroid dienone is 4. The van der Waals surface area contributed by atoms with Crippen LogP contribution in [0.3, 0.4) is 0 Å². The molecule has 3 heteroatoms. The molecule has 2 unspecified atom stereocenters. The Labute approximate surface area is 76.6 Å². The molecule has 0 amide bonds. The van der Waals surface area contributed by atoms with Gasteiger partial charge in [-0.15, -0.1) is 0 Å². The van der Waals surface area contributed by atoms with Crippen LogP contribution in [0.2, 0.25) is 0 Å². The third kappa shape index (κ3) is 1.44. The Hall–Kier alpha value is -1.31. The highest BCUT2D eigenvalue weighted by atomic mass is 16.5. The lowest BCUT2D eigenvalue weighted by Gasteiger charge is -2.30. The smallest absolute Gasteiger partial charge is 0.128 e. The molecule has 2 rings (SSSR count). The van der Waals surface area contributed by atoms with Crippen molar-refractivity contribution in [2.75, 3.05) is 6.61 Å². The van der Waals surface area contributed by atoms with Crippen LogP contribution in [0.25, 0.3) is 0 Å². The zero-order valence-electron chi connectivity index (χ0n) is 7.19. The molecule has 1 aliphatic heterocycles. The normalized spacial score (nSPS) is 31.5. The Morgan fingerprint density at radius 3 is 3.23 bits per heavy atom. The van der Waals surface area contributed by atoms with E-state index in [1.165, 1.54) is 0 Å². The maximum absolute atomic E-state index is 10.6. The van der Waals surface area contributed by atoms with Crippen LogP contribution in [0, 0.1) is 5.92 Å². The zero-order chi connectivity index (χ0) is 9.26. The minimum absolute atomic E-state index is 0.0250. The van der Waals surface area contributed by atoms with E-state index in [0.717, 1.165) is 12.2 Å². The van der Waals surface area contributed by atoms with Gasteiger partial charge in [-0.3, -0.25) is 0 Å². The van der Waals surface area contributed by atoms with E-state index in [0.29, 0.717) is 12.2 Å². The number of fused-ring (bicyclic) bond motifs is 1. The molecule has 0 spiro atoms. The Morgan fingerprint density at radius 2 is 2.46 bits per heavy atom. The molecule has 2 aliphatic rings. The van der Waals surface area contributed by atoms with Crippen molar-refractivity contribution >= 4 is 5.94 Å². The molecule has 0 bridgehead atoms. The van der Waals surface area contributed by atoms with Crippen LogP contribution in [0.15, 0.2) is 29.6 Å². The molecule has 0 aromatic carbocycles. The summed E-state index contributed by atoms with van der Waals surface area (Å²) in [7, 11) is 0. The van der Waals surface area contributed by atoms with E-state index in [-0.39, 0.29) is 12.0 Å². The fourth-order valence-electron chi connectivity index (χ4n) is 1.70. The summed E-state index contributed by atoms with van der Waals surface area (Å²) in [5, 5.41) is 0. The Balaban J connectivity index is 2.29. The van der Waals surface area contributed by atoms with Crippen LogP contribution >= 0.6 is 0 Å². The lowest BCUT2D eigenvalue weighted by molar-refractivity contribution is 0.122. The molecule has 1 aliphatic carbocycles.